The van der Waals surface area contributed by atoms with Crippen molar-refractivity contribution in [3.63, 3.8) is 0 Å². The molecule has 168 valence electrons. The van der Waals surface area contributed by atoms with Crippen molar-refractivity contribution in [2.45, 2.75) is 25.0 Å². The first-order valence-corrected chi connectivity index (χ1v) is 10.8. The average Bonchev–Trinajstić information content (AvgIpc) is 2.81. The zero-order valence-corrected chi connectivity index (χ0v) is 17.9. The summed E-state index contributed by atoms with van der Waals surface area (Å²) < 4.78 is 20.3. The molecule has 0 spiro atoms. The molecule has 0 fully saturated rings. The van der Waals surface area contributed by atoms with Gasteiger partial charge >= 0.3 is 5.97 Å². The Bertz CT molecular complexity index is 1190. The molecule has 3 aromatic carbocycles. The van der Waals surface area contributed by atoms with Gasteiger partial charge in [0, 0.05) is 0 Å². The van der Waals surface area contributed by atoms with Gasteiger partial charge in [0.15, 0.2) is 5.75 Å². The summed E-state index contributed by atoms with van der Waals surface area (Å²) in [6.45, 7) is 1.06. The molecule has 1 aliphatic heterocycles. The minimum absolute atomic E-state index is 0.0184. The third kappa shape index (κ3) is 5.48. The SMILES string of the molecule is N#Cc1cccc2c1O[C@@H]([C@H](NCCc1cccc(CC(=O)O)c1)c1cccc(F)c1)CN2. The molecule has 4 rings (SSSR count). The van der Waals surface area contributed by atoms with Crippen LogP contribution in [0.3, 0.4) is 0 Å². The molecular formula is C26H24FN3O3. The lowest BCUT2D eigenvalue weighted by atomic mass is 9.98. The summed E-state index contributed by atoms with van der Waals surface area (Å²) in [4.78, 5) is 11.0. The number of anilines is 1. The molecule has 7 heteroatoms. The van der Waals surface area contributed by atoms with Crippen LogP contribution in [0.5, 0.6) is 5.75 Å². The minimum atomic E-state index is -0.865. The summed E-state index contributed by atoms with van der Waals surface area (Å²) in [5.74, 6) is -0.696. The molecule has 6 nitrogen and oxygen atoms in total. The van der Waals surface area contributed by atoms with Gasteiger partial charge in [-0.1, -0.05) is 42.5 Å². The van der Waals surface area contributed by atoms with E-state index in [9.17, 15) is 14.4 Å². The van der Waals surface area contributed by atoms with Crippen molar-refractivity contribution in [2.24, 2.45) is 0 Å². The maximum Gasteiger partial charge on any atom is 0.307 e. The van der Waals surface area contributed by atoms with Crippen molar-refractivity contribution in [3.8, 4) is 11.8 Å². The fourth-order valence-corrected chi connectivity index (χ4v) is 4.09. The van der Waals surface area contributed by atoms with E-state index in [0.29, 0.717) is 30.8 Å². The Balaban J connectivity index is 1.52. The Hall–Kier alpha value is -3.89. The van der Waals surface area contributed by atoms with Crippen LogP contribution in [0.1, 0.15) is 28.3 Å². The van der Waals surface area contributed by atoms with Gasteiger partial charge in [0.1, 0.15) is 18.0 Å². The Morgan fingerprint density at radius 3 is 2.76 bits per heavy atom. The number of fused-ring (bicyclic) bond motifs is 1. The molecule has 0 bridgehead atoms. The molecule has 0 saturated heterocycles. The normalized spacial score (nSPS) is 15.5. The summed E-state index contributed by atoms with van der Waals surface area (Å²) in [6.07, 6.45) is 0.279. The topological polar surface area (TPSA) is 94.4 Å². The zero-order chi connectivity index (χ0) is 23.2. The Labute approximate surface area is 191 Å². The zero-order valence-electron chi connectivity index (χ0n) is 17.9. The molecule has 2 atom stereocenters. The van der Waals surface area contributed by atoms with E-state index in [2.05, 4.69) is 16.7 Å². The van der Waals surface area contributed by atoms with Gasteiger partial charge in [-0.25, -0.2) is 4.39 Å². The third-order valence-corrected chi connectivity index (χ3v) is 5.60. The Morgan fingerprint density at radius 2 is 1.97 bits per heavy atom. The monoisotopic (exact) mass is 445 g/mol. The number of para-hydroxylation sites is 1. The molecule has 1 heterocycles. The van der Waals surface area contributed by atoms with E-state index in [1.54, 1.807) is 24.3 Å². The number of nitrogens with one attached hydrogen (secondary N) is 2. The number of nitriles is 1. The van der Waals surface area contributed by atoms with E-state index < -0.39 is 5.97 Å². The molecule has 0 aliphatic carbocycles. The Kier molecular flexibility index (Phi) is 6.86. The maximum absolute atomic E-state index is 14.0. The number of rotatable bonds is 8. The number of nitrogens with zero attached hydrogens (tertiary/aromatic N) is 1. The van der Waals surface area contributed by atoms with Gasteiger partial charge < -0.3 is 20.5 Å². The molecule has 3 N–H and O–H groups in total. The number of ether oxygens (including phenoxy) is 1. The van der Waals surface area contributed by atoms with E-state index in [1.807, 2.05) is 30.3 Å². The quantitative estimate of drug-likeness (QED) is 0.484. The first kappa shape index (κ1) is 22.3. The predicted molar refractivity (Wildman–Crippen MR) is 123 cm³/mol. The van der Waals surface area contributed by atoms with Gasteiger partial charge in [-0.05, 0) is 53.9 Å². The number of hydrogen-bond donors (Lipinski definition) is 3. The third-order valence-electron chi connectivity index (χ3n) is 5.60. The van der Waals surface area contributed by atoms with Crippen molar-refractivity contribution in [2.75, 3.05) is 18.4 Å². The van der Waals surface area contributed by atoms with Crippen LogP contribution in [0.15, 0.2) is 66.7 Å². The van der Waals surface area contributed by atoms with Crippen molar-refractivity contribution >= 4 is 11.7 Å². The summed E-state index contributed by atoms with van der Waals surface area (Å²) >= 11 is 0. The van der Waals surface area contributed by atoms with Crippen LogP contribution in [0.25, 0.3) is 0 Å². The number of hydrogen-bond acceptors (Lipinski definition) is 5. The van der Waals surface area contributed by atoms with E-state index in [-0.39, 0.29) is 24.4 Å². The number of aliphatic carboxylic acids is 1. The Morgan fingerprint density at radius 1 is 1.18 bits per heavy atom. The molecule has 33 heavy (non-hydrogen) atoms. The highest BCUT2D eigenvalue weighted by molar-refractivity contribution is 5.70. The second-order valence-electron chi connectivity index (χ2n) is 7.96. The van der Waals surface area contributed by atoms with Gasteiger partial charge in [-0.3, -0.25) is 4.79 Å². The fraction of sp³-hybridized carbons (Fsp3) is 0.231. The second-order valence-corrected chi connectivity index (χ2v) is 7.96. The molecule has 0 radical (unpaired) electrons. The van der Waals surface area contributed by atoms with Crippen LogP contribution < -0.4 is 15.4 Å². The standard InChI is InChI=1S/C26H24FN3O3/c27-21-8-2-6-19(14-21)25(23-16-30-22-9-3-7-20(15-28)26(22)33-23)29-11-10-17-4-1-5-18(12-17)13-24(31)32/h1-9,12,14,23,25,29-30H,10-11,13,16H2,(H,31,32)/t23-,25-/m1/s1. The number of benzene rings is 3. The lowest BCUT2D eigenvalue weighted by Crippen LogP contribution is -2.43. The summed E-state index contributed by atoms with van der Waals surface area (Å²) in [5.41, 5.74) is 3.72. The predicted octanol–water partition coefficient (Wildman–Crippen LogP) is 4.07. The van der Waals surface area contributed by atoms with E-state index in [4.69, 9.17) is 9.84 Å². The minimum Gasteiger partial charge on any atom is -0.483 e. The molecule has 0 unspecified atom stereocenters. The van der Waals surface area contributed by atoms with Gasteiger partial charge in [-0.15, -0.1) is 0 Å². The molecule has 0 saturated carbocycles. The first-order valence-electron chi connectivity index (χ1n) is 10.8. The number of carboxylic acids is 1. The highest BCUT2D eigenvalue weighted by Gasteiger charge is 2.30. The number of carboxylic acid groups (broad SMARTS) is 1. The van der Waals surface area contributed by atoms with E-state index in [0.717, 1.165) is 22.4 Å². The largest absolute Gasteiger partial charge is 0.483 e. The number of halogens is 1. The maximum atomic E-state index is 14.0. The first-order chi connectivity index (χ1) is 16.0. The summed E-state index contributed by atoms with van der Waals surface area (Å²) in [6, 6.07) is 21.1. The van der Waals surface area contributed by atoms with Crippen LogP contribution in [0.4, 0.5) is 10.1 Å². The van der Waals surface area contributed by atoms with Crippen LogP contribution in [-0.2, 0) is 17.6 Å². The van der Waals surface area contributed by atoms with Gasteiger partial charge in [-0.2, -0.15) is 5.26 Å². The van der Waals surface area contributed by atoms with Gasteiger partial charge in [0.05, 0.1) is 30.3 Å². The molecule has 0 amide bonds. The van der Waals surface area contributed by atoms with Crippen LogP contribution in [-0.4, -0.2) is 30.3 Å². The van der Waals surface area contributed by atoms with Gasteiger partial charge in [0.2, 0.25) is 0 Å². The van der Waals surface area contributed by atoms with E-state index in [1.165, 1.54) is 12.1 Å². The highest BCUT2D eigenvalue weighted by atomic mass is 19.1. The van der Waals surface area contributed by atoms with Crippen LogP contribution in [0, 0.1) is 17.1 Å². The highest BCUT2D eigenvalue weighted by Crippen LogP contribution is 2.35. The summed E-state index contributed by atoms with van der Waals surface area (Å²) in [7, 11) is 0. The lowest BCUT2D eigenvalue weighted by Gasteiger charge is -2.34. The molecular weight excluding hydrogens is 421 g/mol. The van der Waals surface area contributed by atoms with Crippen LogP contribution >= 0.6 is 0 Å². The second kappa shape index (κ2) is 10.2. The number of carbonyl (C=O) groups is 1. The van der Waals surface area contributed by atoms with Gasteiger partial charge in [0.25, 0.3) is 0 Å². The van der Waals surface area contributed by atoms with Crippen molar-refractivity contribution in [1.82, 2.24) is 5.32 Å². The molecule has 1 aliphatic rings. The smallest absolute Gasteiger partial charge is 0.307 e. The molecule has 0 aromatic heterocycles. The molecule has 3 aromatic rings. The fourth-order valence-electron chi connectivity index (χ4n) is 4.09. The van der Waals surface area contributed by atoms with E-state index >= 15 is 0 Å². The average molecular weight is 445 g/mol. The van der Waals surface area contributed by atoms with Crippen molar-refractivity contribution in [1.29, 1.82) is 5.26 Å². The lowest BCUT2D eigenvalue weighted by molar-refractivity contribution is -0.136. The van der Waals surface area contributed by atoms with Crippen molar-refractivity contribution in [3.05, 3.63) is 94.8 Å². The summed E-state index contributed by atoms with van der Waals surface area (Å²) in [5, 5.41) is 25.3. The van der Waals surface area contributed by atoms with Crippen molar-refractivity contribution < 1.29 is 19.0 Å². The van der Waals surface area contributed by atoms with Crippen LogP contribution in [0.2, 0.25) is 0 Å².